The Morgan fingerprint density at radius 1 is 1.38 bits per heavy atom. The van der Waals surface area contributed by atoms with Gasteiger partial charge in [-0.3, -0.25) is 4.79 Å². The van der Waals surface area contributed by atoms with Crippen LogP contribution in [0.2, 0.25) is 0 Å². The predicted molar refractivity (Wildman–Crippen MR) is 107 cm³/mol. The Labute approximate surface area is 156 Å². The summed E-state index contributed by atoms with van der Waals surface area (Å²) in [6.07, 6.45) is 8.04. The summed E-state index contributed by atoms with van der Waals surface area (Å²) in [5.41, 5.74) is 1.96. The van der Waals surface area contributed by atoms with Crippen LogP contribution in [0.4, 0.5) is 5.69 Å². The van der Waals surface area contributed by atoms with E-state index in [0.717, 1.165) is 5.56 Å². The van der Waals surface area contributed by atoms with Gasteiger partial charge in [0.05, 0.1) is 11.7 Å². The number of benzene rings is 1. The SMILES string of the molecule is C=C/C=C\C(=C/C)N=Nc1cc(CC(NC(C)C)C(=O)CC)ccc1O. The van der Waals surface area contributed by atoms with Crippen molar-refractivity contribution in [3.05, 3.63) is 60.3 Å². The second-order valence-corrected chi connectivity index (χ2v) is 6.23. The fourth-order valence-electron chi connectivity index (χ4n) is 2.39. The fraction of sp³-hybridized carbons (Fsp3) is 0.381. The molecule has 1 aromatic rings. The van der Waals surface area contributed by atoms with Gasteiger partial charge in [-0.25, -0.2) is 0 Å². The molecular formula is C21H29N3O2. The van der Waals surface area contributed by atoms with Crippen molar-refractivity contribution in [2.24, 2.45) is 10.2 Å². The maximum Gasteiger partial charge on any atom is 0.149 e. The number of hydrogen-bond donors (Lipinski definition) is 2. The van der Waals surface area contributed by atoms with Crippen LogP contribution in [-0.4, -0.2) is 23.0 Å². The van der Waals surface area contributed by atoms with Crippen molar-refractivity contribution in [1.82, 2.24) is 5.32 Å². The molecule has 0 spiro atoms. The molecule has 2 N–H and O–H groups in total. The summed E-state index contributed by atoms with van der Waals surface area (Å²) in [4.78, 5) is 12.2. The van der Waals surface area contributed by atoms with Gasteiger partial charge in [-0.05, 0) is 37.1 Å². The quantitative estimate of drug-likeness (QED) is 0.457. The van der Waals surface area contributed by atoms with Crippen LogP contribution < -0.4 is 5.32 Å². The maximum atomic E-state index is 12.2. The van der Waals surface area contributed by atoms with E-state index in [4.69, 9.17) is 0 Å². The molecule has 0 fully saturated rings. The van der Waals surface area contributed by atoms with E-state index >= 15 is 0 Å². The van der Waals surface area contributed by atoms with Gasteiger partial charge in [-0.2, -0.15) is 5.11 Å². The summed E-state index contributed by atoms with van der Waals surface area (Å²) in [6, 6.07) is 5.11. The summed E-state index contributed by atoms with van der Waals surface area (Å²) in [5.74, 6) is 0.219. The molecule has 0 aliphatic carbocycles. The normalized spacial score (nSPS) is 13.7. The van der Waals surface area contributed by atoms with Crippen LogP contribution in [-0.2, 0) is 11.2 Å². The van der Waals surface area contributed by atoms with Gasteiger partial charge in [0.25, 0.3) is 0 Å². The Morgan fingerprint density at radius 3 is 2.69 bits per heavy atom. The number of allylic oxidation sites excluding steroid dienone is 4. The van der Waals surface area contributed by atoms with Crippen molar-refractivity contribution < 1.29 is 9.90 Å². The molecule has 1 atom stereocenters. The van der Waals surface area contributed by atoms with E-state index in [-0.39, 0.29) is 23.6 Å². The van der Waals surface area contributed by atoms with E-state index in [0.29, 0.717) is 24.2 Å². The van der Waals surface area contributed by atoms with Gasteiger partial charge in [-0.15, -0.1) is 5.11 Å². The first-order valence-electron chi connectivity index (χ1n) is 8.89. The van der Waals surface area contributed by atoms with Crippen molar-refractivity contribution in [2.75, 3.05) is 0 Å². The molecule has 5 nitrogen and oxygen atoms in total. The third-order valence-corrected chi connectivity index (χ3v) is 3.72. The lowest BCUT2D eigenvalue weighted by molar-refractivity contribution is -0.120. The third kappa shape index (κ3) is 7.15. The van der Waals surface area contributed by atoms with E-state index in [9.17, 15) is 9.90 Å². The van der Waals surface area contributed by atoms with Gasteiger partial charge < -0.3 is 10.4 Å². The van der Waals surface area contributed by atoms with E-state index in [2.05, 4.69) is 22.1 Å². The maximum absolute atomic E-state index is 12.2. The van der Waals surface area contributed by atoms with Crippen LogP contribution in [0.5, 0.6) is 5.75 Å². The van der Waals surface area contributed by atoms with Crippen LogP contribution in [0.15, 0.2) is 65.0 Å². The van der Waals surface area contributed by atoms with Gasteiger partial charge in [0.2, 0.25) is 0 Å². The van der Waals surface area contributed by atoms with Crippen LogP contribution in [0, 0.1) is 0 Å². The van der Waals surface area contributed by atoms with Crippen LogP contribution in [0.3, 0.4) is 0 Å². The second-order valence-electron chi connectivity index (χ2n) is 6.23. The number of nitrogens with one attached hydrogen (secondary N) is 1. The largest absolute Gasteiger partial charge is 0.506 e. The van der Waals surface area contributed by atoms with Crippen molar-refractivity contribution in [1.29, 1.82) is 0 Å². The number of carbonyl (C=O) groups excluding carboxylic acids is 1. The highest BCUT2D eigenvalue weighted by molar-refractivity contribution is 5.84. The minimum atomic E-state index is -0.254. The molecule has 0 aliphatic rings. The number of phenolic OH excluding ortho intramolecular Hbond substituents is 1. The Balaban J connectivity index is 3.03. The number of nitrogens with zero attached hydrogens (tertiary/aromatic N) is 2. The molecule has 1 aromatic carbocycles. The zero-order valence-corrected chi connectivity index (χ0v) is 16.1. The van der Waals surface area contributed by atoms with Gasteiger partial charge >= 0.3 is 0 Å². The van der Waals surface area contributed by atoms with Crippen molar-refractivity contribution in [2.45, 2.75) is 52.6 Å². The third-order valence-electron chi connectivity index (χ3n) is 3.72. The van der Waals surface area contributed by atoms with E-state index < -0.39 is 0 Å². The van der Waals surface area contributed by atoms with E-state index in [1.807, 2.05) is 33.8 Å². The van der Waals surface area contributed by atoms with Gasteiger partial charge in [0.15, 0.2) is 0 Å². The van der Waals surface area contributed by atoms with Crippen LogP contribution >= 0.6 is 0 Å². The number of Topliss-reactive ketones (excluding diaryl/α,β-unsaturated/α-hetero) is 1. The number of azo groups is 1. The zero-order valence-electron chi connectivity index (χ0n) is 16.1. The van der Waals surface area contributed by atoms with Crippen LogP contribution in [0.1, 0.15) is 39.7 Å². The Kier molecular flexibility index (Phi) is 9.23. The predicted octanol–water partition coefficient (Wildman–Crippen LogP) is 5.01. The number of phenols is 1. The molecule has 0 heterocycles. The fourth-order valence-corrected chi connectivity index (χ4v) is 2.39. The van der Waals surface area contributed by atoms with Gasteiger partial charge in [0.1, 0.15) is 17.2 Å². The Bertz CT molecular complexity index is 703. The topological polar surface area (TPSA) is 74.0 Å². The molecule has 0 bridgehead atoms. The number of rotatable bonds is 10. The Morgan fingerprint density at radius 2 is 2.12 bits per heavy atom. The molecule has 0 saturated heterocycles. The molecule has 0 amide bonds. The average molecular weight is 355 g/mol. The number of ketones is 1. The van der Waals surface area contributed by atoms with E-state index in [1.165, 1.54) is 0 Å². The first kappa shape index (κ1) is 21.5. The first-order chi connectivity index (χ1) is 12.4. The molecule has 1 rings (SSSR count). The molecular weight excluding hydrogens is 326 g/mol. The number of carbonyl (C=O) groups is 1. The standard InChI is InChI=1S/C21H29N3O2/c1-6-9-10-17(7-2)23-24-19-14-16(11-12-21(19)26)13-18(20(25)8-3)22-15(4)5/h6-7,9-12,14-15,18,22,26H,1,8,13H2,2-5H3/b10-9-,17-7+,24-23?. The highest BCUT2D eigenvalue weighted by Gasteiger charge is 2.18. The molecule has 0 aromatic heterocycles. The Hall–Kier alpha value is -2.53. The summed E-state index contributed by atoms with van der Waals surface area (Å²) in [7, 11) is 0. The molecule has 5 heteroatoms. The molecule has 0 saturated carbocycles. The molecule has 0 aliphatic heterocycles. The van der Waals surface area contributed by atoms with Gasteiger partial charge in [-0.1, -0.05) is 51.6 Å². The minimum Gasteiger partial charge on any atom is -0.506 e. The molecule has 140 valence electrons. The summed E-state index contributed by atoms with van der Waals surface area (Å²) in [5, 5.41) is 21.6. The monoisotopic (exact) mass is 355 g/mol. The minimum absolute atomic E-state index is 0.0517. The molecule has 0 radical (unpaired) electrons. The zero-order chi connectivity index (χ0) is 19.5. The lowest BCUT2D eigenvalue weighted by atomic mass is 9.99. The molecule has 26 heavy (non-hydrogen) atoms. The first-order valence-corrected chi connectivity index (χ1v) is 8.89. The smallest absolute Gasteiger partial charge is 0.149 e. The van der Waals surface area contributed by atoms with E-state index in [1.54, 1.807) is 36.4 Å². The highest BCUT2D eigenvalue weighted by Crippen LogP contribution is 2.29. The summed E-state index contributed by atoms with van der Waals surface area (Å²) < 4.78 is 0. The summed E-state index contributed by atoms with van der Waals surface area (Å²) >= 11 is 0. The van der Waals surface area contributed by atoms with Gasteiger partial charge in [0, 0.05) is 12.5 Å². The van der Waals surface area contributed by atoms with Crippen molar-refractivity contribution in [3.63, 3.8) is 0 Å². The van der Waals surface area contributed by atoms with Crippen molar-refractivity contribution >= 4 is 11.5 Å². The number of aromatic hydroxyl groups is 1. The lowest BCUT2D eigenvalue weighted by Crippen LogP contribution is -2.42. The average Bonchev–Trinajstić information content (AvgIpc) is 2.62. The number of hydrogen-bond acceptors (Lipinski definition) is 5. The highest BCUT2D eigenvalue weighted by atomic mass is 16.3. The molecule has 1 unspecified atom stereocenters. The summed E-state index contributed by atoms with van der Waals surface area (Å²) in [6.45, 7) is 11.4. The van der Waals surface area contributed by atoms with Crippen molar-refractivity contribution in [3.8, 4) is 5.75 Å². The van der Waals surface area contributed by atoms with Crippen LogP contribution in [0.25, 0.3) is 0 Å². The second kappa shape index (κ2) is 11.2. The lowest BCUT2D eigenvalue weighted by Gasteiger charge is -2.20.